The Hall–Kier alpha value is -2.03. The number of hydrogen-bond donors (Lipinski definition) is 1. The van der Waals surface area contributed by atoms with Crippen LogP contribution in [0.1, 0.15) is 40.2 Å². The molecule has 1 amide bonds. The van der Waals surface area contributed by atoms with Crippen molar-refractivity contribution in [1.82, 2.24) is 5.32 Å². The van der Waals surface area contributed by atoms with E-state index in [9.17, 15) is 4.79 Å². The van der Waals surface area contributed by atoms with Crippen LogP contribution in [-0.4, -0.2) is 17.2 Å². The highest BCUT2D eigenvalue weighted by Gasteiger charge is 2.24. The van der Waals surface area contributed by atoms with Gasteiger partial charge in [-0.05, 0) is 57.4 Å². The van der Waals surface area contributed by atoms with Gasteiger partial charge in [-0.15, -0.1) is 0 Å². The average molecular weight is 299 g/mol. The lowest BCUT2D eigenvalue weighted by Gasteiger charge is -2.28. The summed E-state index contributed by atoms with van der Waals surface area (Å²) in [5.41, 5.74) is 0.341. The Morgan fingerprint density at radius 1 is 1.00 bits per heavy atom. The predicted octanol–water partition coefficient (Wildman–Crippen LogP) is 4.69. The summed E-state index contributed by atoms with van der Waals surface area (Å²) in [6, 6.07) is 14.7. The van der Waals surface area contributed by atoms with E-state index in [0.717, 1.165) is 6.42 Å². The number of hydrogen-bond acceptors (Lipinski definition) is 2. The van der Waals surface area contributed by atoms with Gasteiger partial charge in [0.05, 0.1) is 0 Å². The van der Waals surface area contributed by atoms with Gasteiger partial charge in [-0.25, -0.2) is 4.79 Å². The first-order chi connectivity index (χ1) is 10.1. The smallest absolute Gasteiger partial charge is 0.408 e. The SMILES string of the molecule is CC(C)(Cc1ccc2ccccc2c1)NC(=O)OC(C)(C)C. The third-order valence-electron chi connectivity index (χ3n) is 3.30. The largest absolute Gasteiger partial charge is 0.444 e. The second kappa shape index (κ2) is 5.99. The zero-order valence-corrected chi connectivity index (χ0v) is 14.1. The molecule has 0 radical (unpaired) electrons. The molecule has 3 heteroatoms. The second-order valence-electron chi connectivity index (χ2n) is 7.37. The number of alkyl carbamates (subject to hydrolysis) is 1. The Morgan fingerprint density at radius 3 is 2.27 bits per heavy atom. The lowest BCUT2D eigenvalue weighted by Crippen LogP contribution is -2.47. The summed E-state index contributed by atoms with van der Waals surface area (Å²) < 4.78 is 5.33. The first-order valence-corrected chi connectivity index (χ1v) is 7.63. The van der Waals surface area contributed by atoms with Crippen LogP contribution in [0.2, 0.25) is 0 Å². The fourth-order valence-electron chi connectivity index (χ4n) is 2.48. The Kier molecular flexibility index (Phi) is 4.45. The second-order valence-corrected chi connectivity index (χ2v) is 7.37. The van der Waals surface area contributed by atoms with Crippen molar-refractivity contribution in [3.8, 4) is 0 Å². The minimum Gasteiger partial charge on any atom is -0.444 e. The first kappa shape index (κ1) is 16.3. The zero-order valence-electron chi connectivity index (χ0n) is 14.1. The van der Waals surface area contributed by atoms with Crippen LogP contribution in [0.25, 0.3) is 10.8 Å². The molecule has 0 fully saturated rings. The van der Waals surface area contributed by atoms with Gasteiger partial charge >= 0.3 is 6.09 Å². The molecule has 0 saturated carbocycles. The van der Waals surface area contributed by atoms with Gasteiger partial charge in [-0.2, -0.15) is 0 Å². The number of rotatable bonds is 3. The molecule has 0 aliphatic rings. The normalized spacial score (nSPS) is 12.2. The Balaban J connectivity index is 2.08. The minimum atomic E-state index is -0.483. The maximum Gasteiger partial charge on any atom is 0.408 e. The lowest BCUT2D eigenvalue weighted by atomic mass is 9.93. The van der Waals surface area contributed by atoms with E-state index in [-0.39, 0.29) is 11.6 Å². The van der Waals surface area contributed by atoms with Crippen molar-refractivity contribution in [1.29, 1.82) is 0 Å². The fourth-order valence-corrected chi connectivity index (χ4v) is 2.48. The van der Waals surface area contributed by atoms with Gasteiger partial charge in [0.1, 0.15) is 5.60 Å². The number of carbonyl (C=O) groups is 1. The molecule has 3 nitrogen and oxygen atoms in total. The van der Waals surface area contributed by atoms with E-state index in [0.29, 0.717) is 0 Å². The molecule has 0 bridgehead atoms. The summed E-state index contributed by atoms with van der Waals surface area (Å²) in [6.07, 6.45) is 0.371. The van der Waals surface area contributed by atoms with E-state index in [1.54, 1.807) is 0 Å². The number of benzene rings is 2. The highest BCUT2D eigenvalue weighted by atomic mass is 16.6. The van der Waals surface area contributed by atoms with E-state index < -0.39 is 5.60 Å². The molecule has 0 aliphatic carbocycles. The van der Waals surface area contributed by atoms with Crippen molar-refractivity contribution in [2.45, 2.75) is 52.2 Å². The van der Waals surface area contributed by atoms with Crippen LogP contribution >= 0.6 is 0 Å². The van der Waals surface area contributed by atoms with E-state index in [1.165, 1.54) is 16.3 Å². The van der Waals surface area contributed by atoms with Crippen molar-refractivity contribution >= 4 is 16.9 Å². The van der Waals surface area contributed by atoms with Crippen molar-refractivity contribution in [2.75, 3.05) is 0 Å². The molecule has 0 spiro atoms. The molecule has 2 aromatic rings. The zero-order chi connectivity index (χ0) is 16.4. The molecular weight excluding hydrogens is 274 g/mol. The summed E-state index contributed by atoms with van der Waals surface area (Å²) in [5, 5.41) is 5.39. The first-order valence-electron chi connectivity index (χ1n) is 7.63. The molecular formula is C19H25NO2. The van der Waals surface area contributed by atoms with Crippen LogP contribution < -0.4 is 5.32 Å². The maximum absolute atomic E-state index is 11.9. The van der Waals surface area contributed by atoms with Gasteiger partial charge in [-0.3, -0.25) is 0 Å². The van der Waals surface area contributed by atoms with E-state index in [4.69, 9.17) is 4.74 Å². The number of nitrogens with one attached hydrogen (secondary N) is 1. The average Bonchev–Trinajstić information content (AvgIpc) is 2.34. The van der Waals surface area contributed by atoms with Crippen molar-refractivity contribution in [2.24, 2.45) is 0 Å². The van der Waals surface area contributed by atoms with Crippen LogP contribution in [0.3, 0.4) is 0 Å². The lowest BCUT2D eigenvalue weighted by molar-refractivity contribution is 0.0472. The maximum atomic E-state index is 11.9. The van der Waals surface area contributed by atoms with Crippen LogP contribution in [-0.2, 0) is 11.2 Å². The van der Waals surface area contributed by atoms with Crippen molar-refractivity contribution in [3.05, 3.63) is 48.0 Å². The van der Waals surface area contributed by atoms with Gasteiger partial charge < -0.3 is 10.1 Å². The Morgan fingerprint density at radius 2 is 1.64 bits per heavy atom. The third kappa shape index (κ3) is 4.76. The molecule has 22 heavy (non-hydrogen) atoms. The summed E-state index contributed by atoms with van der Waals surface area (Å²) in [4.78, 5) is 11.9. The summed E-state index contributed by atoms with van der Waals surface area (Å²) in [5.74, 6) is 0. The standard InChI is InChI=1S/C19H25NO2/c1-18(2,3)22-17(21)20-19(4,5)13-14-10-11-15-8-6-7-9-16(15)12-14/h6-12H,13H2,1-5H3,(H,20,21). The van der Waals surface area contributed by atoms with Gasteiger partial charge in [0, 0.05) is 5.54 Å². The van der Waals surface area contributed by atoms with Crippen LogP contribution in [0, 0.1) is 0 Å². The molecule has 1 N–H and O–H groups in total. The van der Waals surface area contributed by atoms with Gasteiger partial charge in [0.25, 0.3) is 0 Å². The van der Waals surface area contributed by atoms with Gasteiger partial charge in [0.2, 0.25) is 0 Å². The number of ether oxygens (including phenoxy) is 1. The molecule has 2 aromatic carbocycles. The van der Waals surface area contributed by atoms with E-state index >= 15 is 0 Å². The number of fused-ring (bicyclic) bond motifs is 1. The predicted molar refractivity (Wildman–Crippen MR) is 91.1 cm³/mol. The summed E-state index contributed by atoms with van der Waals surface area (Å²) in [7, 11) is 0. The summed E-state index contributed by atoms with van der Waals surface area (Å²) >= 11 is 0. The summed E-state index contributed by atoms with van der Waals surface area (Å²) in [6.45, 7) is 9.60. The molecule has 0 saturated heterocycles. The molecule has 0 unspecified atom stereocenters. The molecule has 0 aliphatic heterocycles. The Bertz CT molecular complexity index is 668. The molecule has 0 atom stereocenters. The quantitative estimate of drug-likeness (QED) is 0.893. The molecule has 0 heterocycles. The minimum absolute atomic E-state index is 0.370. The number of carbonyl (C=O) groups excluding carboxylic acids is 1. The molecule has 118 valence electrons. The highest BCUT2D eigenvalue weighted by Crippen LogP contribution is 2.20. The monoisotopic (exact) mass is 299 g/mol. The molecule has 2 rings (SSSR count). The van der Waals surface area contributed by atoms with Crippen LogP contribution in [0.4, 0.5) is 4.79 Å². The third-order valence-corrected chi connectivity index (χ3v) is 3.30. The topological polar surface area (TPSA) is 38.3 Å². The van der Waals surface area contributed by atoms with E-state index in [2.05, 4.69) is 35.6 Å². The van der Waals surface area contributed by atoms with Crippen molar-refractivity contribution < 1.29 is 9.53 Å². The fraction of sp³-hybridized carbons (Fsp3) is 0.421. The molecule has 0 aromatic heterocycles. The number of amides is 1. The Labute approximate surface area is 132 Å². The van der Waals surface area contributed by atoms with Crippen molar-refractivity contribution in [3.63, 3.8) is 0 Å². The van der Waals surface area contributed by atoms with E-state index in [1.807, 2.05) is 46.8 Å². The van der Waals surface area contributed by atoms with Crippen LogP contribution in [0.5, 0.6) is 0 Å². The van der Waals surface area contributed by atoms with Gasteiger partial charge in [-0.1, -0.05) is 42.5 Å². The van der Waals surface area contributed by atoms with Gasteiger partial charge in [0.15, 0.2) is 0 Å². The van der Waals surface area contributed by atoms with Crippen LogP contribution in [0.15, 0.2) is 42.5 Å². The highest BCUT2D eigenvalue weighted by molar-refractivity contribution is 5.83.